The Morgan fingerprint density at radius 1 is 0.727 bits per heavy atom. The number of hydrogen-bond donors (Lipinski definition) is 0. The van der Waals surface area contributed by atoms with Gasteiger partial charge < -0.3 is 13.3 Å². The second-order valence-corrected chi connectivity index (χ2v) is 18.6. The van der Waals surface area contributed by atoms with Crippen molar-refractivity contribution < 1.29 is 13.3 Å². The minimum atomic E-state index is -1.22. The van der Waals surface area contributed by atoms with Gasteiger partial charge in [0.1, 0.15) is 9.76 Å². The highest BCUT2D eigenvalue weighted by Crippen LogP contribution is 2.03. The van der Waals surface area contributed by atoms with Gasteiger partial charge in [-0.15, -0.1) is 0 Å². The third-order valence-corrected chi connectivity index (χ3v) is 8.74. The number of unbranched alkanes of at least 4 members (excludes halogenated alkanes) is 1. The normalized spacial score (nSPS) is 12.5. The lowest BCUT2D eigenvalue weighted by Crippen LogP contribution is -2.27. The van der Waals surface area contributed by atoms with Crippen LogP contribution in [0.1, 0.15) is 39.5 Å². The van der Waals surface area contributed by atoms with Crippen LogP contribution in [0.4, 0.5) is 0 Å². The maximum atomic E-state index is 5.88. The van der Waals surface area contributed by atoms with E-state index in [-0.39, 0.29) is 9.76 Å². The van der Waals surface area contributed by atoms with Crippen molar-refractivity contribution in [2.75, 3.05) is 19.8 Å². The fourth-order valence-corrected chi connectivity index (χ4v) is 5.69. The summed E-state index contributed by atoms with van der Waals surface area (Å²) in [5.41, 5.74) is 0. The Bertz CT molecular complexity index is 226. The third-order valence-electron chi connectivity index (χ3n) is 2.60. The molecule has 22 heavy (non-hydrogen) atoms. The molecule has 0 saturated carbocycles. The fourth-order valence-electron chi connectivity index (χ4n) is 1.44. The fraction of sp³-hybridized carbons (Fsp3) is 1.00. The summed E-state index contributed by atoms with van der Waals surface area (Å²) in [6.45, 7) is 20.6. The molecule has 0 spiro atoms. The highest BCUT2D eigenvalue weighted by molar-refractivity contribution is 6.73. The van der Waals surface area contributed by atoms with Crippen LogP contribution in [0.2, 0.25) is 45.3 Å². The summed E-state index contributed by atoms with van der Waals surface area (Å²) in [5, 5.41) is 0. The van der Waals surface area contributed by atoms with Gasteiger partial charge in [0.25, 0.3) is 0 Å². The molecule has 0 aliphatic rings. The van der Waals surface area contributed by atoms with Crippen LogP contribution in [0.5, 0.6) is 0 Å². The van der Waals surface area contributed by atoms with Gasteiger partial charge >= 0.3 is 0 Å². The number of ether oxygens (including phenoxy) is 1. The standard InChI is InChI=1S/C10H26O2Si2.C6H16OSi/c1-5-6-8-11-9-7-10-13-12-14(2,3)4;1-5-6-7-8(2,3)4/h5-10,13H2,1-4H3;5-6H2,1-4H3. The van der Waals surface area contributed by atoms with Crippen LogP contribution in [-0.2, 0) is 13.3 Å². The van der Waals surface area contributed by atoms with Crippen LogP contribution >= 0.6 is 0 Å². The zero-order valence-corrected chi connectivity index (χ0v) is 20.0. The molecule has 0 fully saturated rings. The van der Waals surface area contributed by atoms with Gasteiger partial charge in [0, 0.05) is 19.8 Å². The molecule has 0 radical (unpaired) electrons. The molecule has 0 bridgehead atoms. The molecule has 136 valence electrons. The van der Waals surface area contributed by atoms with E-state index in [1.165, 1.54) is 25.3 Å². The van der Waals surface area contributed by atoms with Gasteiger partial charge in [-0.05, 0) is 64.6 Å². The monoisotopic (exact) mass is 366 g/mol. The van der Waals surface area contributed by atoms with E-state index in [0.29, 0.717) is 0 Å². The molecule has 0 aromatic carbocycles. The molecule has 0 N–H and O–H groups in total. The Balaban J connectivity index is 0. The van der Waals surface area contributed by atoms with Gasteiger partial charge in [0.05, 0.1) is 0 Å². The predicted octanol–water partition coefficient (Wildman–Crippen LogP) is 4.79. The van der Waals surface area contributed by atoms with E-state index in [0.717, 1.165) is 26.2 Å². The first-order valence-corrected chi connectivity index (χ1v) is 17.4. The number of rotatable bonds is 12. The average Bonchev–Trinajstić information content (AvgIpc) is 2.38. The van der Waals surface area contributed by atoms with Crippen molar-refractivity contribution in [2.24, 2.45) is 0 Å². The summed E-state index contributed by atoms with van der Waals surface area (Å²) in [5.74, 6) is 0. The van der Waals surface area contributed by atoms with Crippen molar-refractivity contribution in [3.8, 4) is 0 Å². The van der Waals surface area contributed by atoms with E-state index < -0.39 is 16.6 Å². The van der Waals surface area contributed by atoms with Crippen molar-refractivity contribution in [1.82, 2.24) is 0 Å². The van der Waals surface area contributed by atoms with E-state index in [2.05, 4.69) is 53.1 Å². The van der Waals surface area contributed by atoms with Crippen molar-refractivity contribution in [3.63, 3.8) is 0 Å². The van der Waals surface area contributed by atoms with E-state index in [4.69, 9.17) is 13.3 Å². The Morgan fingerprint density at radius 2 is 1.32 bits per heavy atom. The van der Waals surface area contributed by atoms with Crippen molar-refractivity contribution in [1.29, 1.82) is 0 Å². The highest BCUT2D eigenvalue weighted by Gasteiger charge is 2.12. The van der Waals surface area contributed by atoms with E-state index >= 15 is 0 Å². The molecule has 0 aromatic rings. The van der Waals surface area contributed by atoms with Crippen LogP contribution < -0.4 is 0 Å². The van der Waals surface area contributed by atoms with Gasteiger partial charge in [-0.1, -0.05) is 20.3 Å². The van der Waals surface area contributed by atoms with Crippen molar-refractivity contribution in [2.45, 2.75) is 84.9 Å². The lowest BCUT2D eigenvalue weighted by Gasteiger charge is -2.17. The number of hydrogen-bond acceptors (Lipinski definition) is 3. The summed E-state index contributed by atoms with van der Waals surface area (Å²) < 4.78 is 16.9. The zero-order chi connectivity index (χ0) is 17.5. The van der Waals surface area contributed by atoms with Crippen molar-refractivity contribution >= 4 is 26.4 Å². The van der Waals surface area contributed by atoms with Crippen LogP contribution in [0.3, 0.4) is 0 Å². The summed E-state index contributed by atoms with van der Waals surface area (Å²) in [7, 11) is -2.65. The summed E-state index contributed by atoms with van der Waals surface area (Å²) in [4.78, 5) is 0. The van der Waals surface area contributed by atoms with Crippen LogP contribution in [0.15, 0.2) is 0 Å². The van der Waals surface area contributed by atoms with E-state index in [9.17, 15) is 0 Å². The summed E-state index contributed by atoms with van der Waals surface area (Å²) in [6, 6.07) is 1.27. The molecule has 3 nitrogen and oxygen atoms in total. The molecule has 0 rings (SSSR count). The minimum Gasteiger partial charge on any atom is -0.461 e. The average molecular weight is 367 g/mol. The molecule has 0 atom stereocenters. The van der Waals surface area contributed by atoms with Gasteiger partial charge in [0.15, 0.2) is 16.6 Å². The second kappa shape index (κ2) is 15.1. The largest absolute Gasteiger partial charge is 0.461 e. The lowest BCUT2D eigenvalue weighted by molar-refractivity contribution is 0.131. The molecule has 0 aromatic heterocycles. The SMILES string of the molecule is CCCCOCCC[SiH2]O[Si](C)(C)C.CCCO[Si](C)(C)C. The Kier molecular flexibility index (Phi) is 17.0. The first-order valence-electron chi connectivity index (χ1n) is 8.98. The van der Waals surface area contributed by atoms with Gasteiger partial charge in [0.2, 0.25) is 0 Å². The smallest absolute Gasteiger partial charge is 0.183 e. The highest BCUT2D eigenvalue weighted by atomic mass is 28.4. The molecule has 0 aliphatic carbocycles. The molecule has 0 saturated heterocycles. The molecular weight excluding hydrogens is 324 g/mol. The molecule has 0 unspecified atom stereocenters. The Labute approximate surface area is 144 Å². The molecular formula is C16H42O3Si3. The lowest BCUT2D eigenvalue weighted by atomic mass is 10.4. The molecule has 0 amide bonds. The van der Waals surface area contributed by atoms with Crippen LogP contribution in [0.25, 0.3) is 0 Å². The summed E-state index contributed by atoms with van der Waals surface area (Å²) >= 11 is 0. The van der Waals surface area contributed by atoms with Crippen LogP contribution in [0, 0.1) is 0 Å². The predicted molar refractivity (Wildman–Crippen MR) is 108 cm³/mol. The van der Waals surface area contributed by atoms with Gasteiger partial charge in [-0.3, -0.25) is 0 Å². The Hall–Kier alpha value is 0.531. The molecule has 0 aliphatic heterocycles. The second-order valence-electron chi connectivity index (χ2n) is 7.59. The zero-order valence-electron chi connectivity index (χ0n) is 16.6. The van der Waals surface area contributed by atoms with E-state index in [1.54, 1.807) is 0 Å². The Morgan fingerprint density at radius 3 is 1.73 bits per heavy atom. The first kappa shape index (κ1) is 24.8. The van der Waals surface area contributed by atoms with E-state index in [1.807, 2.05) is 0 Å². The topological polar surface area (TPSA) is 27.7 Å². The maximum absolute atomic E-state index is 5.88. The van der Waals surface area contributed by atoms with Gasteiger partial charge in [-0.25, -0.2) is 0 Å². The quantitative estimate of drug-likeness (QED) is 0.367. The minimum absolute atomic E-state index is 0.251. The van der Waals surface area contributed by atoms with Crippen LogP contribution in [-0.4, -0.2) is 46.2 Å². The maximum Gasteiger partial charge on any atom is 0.183 e. The summed E-state index contributed by atoms with van der Waals surface area (Å²) in [6.07, 6.45) is 4.76. The van der Waals surface area contributed by atoms with Crippen molar-refractivity contribution in [3.05, 3.63) is 0 Å². The molecule has 0 heterocycles. The first-order chi connectivity index (χ1) is 10.1. The van der Waals surface area contributed by atoms with Gasteiger partial charge in [-0.2, -0.15) is 0 Å². The molecule has 6 heteroatoms. The third kappa shape index (κ3) is 28.7.